The van der Waals surface area contributed by atoms with Crippen LogP contribution in [0.3, 0.4) is 0 Å². The first kappa shape index (κ1) is 55.7. The summed E-state index contributed by atoms with van der Waals surface area (Å²) >= 11 is 0. The number of benzene rings is 11. The number of para-hydroxylation sites is 6. The number of hydrogen-bond acceptors (Lipinski definition) is 8. The molecule has 12 nitrogen and oxygen atoms in total. The summed E-state index contributed by atoms with van der Waals surface area (Å²) in [4.78, 5) is 60.5. The van der Waals surface area contributed by atoms with Crippen LogP contribution in [-0.4, -0.2) is 34.0 Å². The van der Waals surface area contributed by atoms with Gasteiger partial charge in [0.05, 0.1) is 22.3 Å². The number of rotatable bonds is 18. The summed E-state index contributed by atoms with van der Waals surface area (Å²) in [6, 6.07) is 53.3. The molecule has 11 aromatic rings. The second-order valence-corrected chi connectivity index (χ2v) is 22.1. The monoisotopic (exact) mass is 1110 g/mol. The highest BCUT2D eigenvalue weighted by molar-refractivity contribution is 6.43. The number of carbonyl (C=O) groups excluding carboxylic acids is 2. The number of carboxylic acid groups (broad SMARTS) is 2. The highest BCUT2D eigenvalue weighted by Crippen LogP contribution is 2.57. The number of anilines is 2. The van der Waals surface area contributed by atoms with Gasteiger partial charge in [0.25, 0.3) is 11.8 Å². The van der Waals surface area contributed by atoms with E-state index in [2.05, 4.69) is 66.0 Å². The number of aromatic carboxylic acids is 2. The van der Waals surface area contributed by atoms with E-state index in [4.69, 9.17) is 18.9 Å². The summed E-state index contributed by atoms with van der Waals surface area (Å²) in [7, 11) is 0. The number of ether oxygens (including phenoxy) is 4. The summed E-state index contributed by atoms with van der Waals surface area (Å²) < 4.78 is 28.0. The molecule has 12 heteroatoms. The average molecular weight is 1120 g/mol. The molecule has 420 valence electrons. The summed E-state index contributed by atoms with van der Waals surface area (Å²) in [5.41, 5.74) is 4.14. The van der Waals surface area contributed by atoms with Gasteiger partial charge in [0.15, 0.2) is 0 Å². The highest BCUT2D eigenvalue weighted by Gasteiger charge is 2.35. The Labute approximate surface area is 486 Å². The van der Waals surface area contributed by atoms with Crippen molar-refractivity contribution in [2.24, 2.45) is 0 Å². The molecule has 0 heterocycles. The maximum atomic E-state index is 16.3. The summed E-state index contributed by atoms with van der Waals surface area (Å²) in [6.07, 6.45) is 0. The predicted molar refractivity (Wildman–Crippen MR) is 333 cm³/mol. The van der Waals surface area contributed by atoms with Crippen molar-refractivity contribution in [3.05, 3.63) is 226 Å². The Kier molecular flexibility index (Phi) is 15.2. The highest BCUT2D eigenvalue weighted by atomic mass is 16.5. The number of carboxylic acids is 2. The molecule has 11 aromatic carbocycles. The van der Waals surface area contributed by atoms with E-state index in [1.165, 1.54) is 12.1 Å². The molecular weight excluding hydrogens is 1050 g/mol. The van der Waals surface area contributed by atoms with Gasteiger partial charge in [-0.1, -0.05) is 165 Å². The number of fused-ring (bicyclic) bond motifs is 2. The topological polar surface area (TPSA) is 170 Å². The molecule has 0 spiro atoms. The Morgan fingerprint density at radius 3 is 0.786 bits per heavy atom. The fourth-order valence-corrected chi connectivity index (χ4v) is 11.4. The minimum Gasteiger partial charge on any atom is -0.478 e. The van der Waals surface area contributed by atoms with Crippen molar-refractivity contribution in [2.45, 2.75) is 79.1 Å². The molecule has 84 heavy (non-hydrogen) atoms. The zero-order valence-corrected chi connectivity index (χ0v) is 47.8. The molecule has 0 atom stereocenters. The third kappa shape index (κ3) is 10.4. The van der Waals surface area contributed by atoms with Crippen LogP contribution < -0.4 is 29.6 Å². The van der Waals surface area contributed by atoms with Crippen LogP contribution >= 0.6 is 0 Å². The van der Waals surface area contributed by atoms with Gasteiger partial charge >= 0.3 is 11.9 Å². The number of nitrogens with one attached hydrogen (secondary N) is 2. The number of carbonyl (C=O) groups is 4. The Morgan fingerprint density at radius 2 is 0.548 bits per heavy atom. The summed E-state index contributed by atoms with van der Waals surface area (Å²) in [5, 5.41) is 30.6. The smallest absolute Gasteiger partial charge is 0.336 e. The Balaban J connectivity index is 1.42. The molecular formula is C72H62N2O10. The fraction of sp³-hybridized carbons (Fsp3) is 0.167. The molecule has 0 saturated heterocycles. The summed E-state index contributed by atoms with van der Waals surface area (Å²) in [6.45, 7) is 16.5. The minimum absolute atomic E-state index is 0.0112. The summed E-state index contributed by atoms with van der Waals surface area (Å²) in [5.74, 6) is -2.60. The molecule has 0 radical (unpaired) electrons. The van der Waals surface area contributed by atoms with E-state index in [1.54, 1.807) is 109 Å². The fourth-order valence-electron chi connectivity index (χ4n) is 11.4. The Hall–Kier alpha value is -10.2. The second kappa shape index (κ2) is 23.0. The van der Waals surface area contributed by atoms with Crippen molar-refractivity contribution in [3.8, 4) is 46.0 Å². The SMILES string of the molecule is CC(C)c1cccc(C(C)C)c1NC(=O)c1cc(Oc2ccccc2)c2c3c(Oc4ccccc4)cc(C(=O)O)c4c(C(=O)O)cc(Oc5ccccc5)c(c5c(Oc6ccccc6)cc(C(=O)Nc6c(C(C)C)cccc6C(C)C)c1c25)c43. The third-order valence-electron chi connectivity index (χ3n) is 15.2. The van der Waals surface area contributed by atoms with E-state index in [-0.39, 0.29) is 112 Å². The molecule has 11 rings (SSSR count). The average Bonchev–Trinajstić information content (AvgIpc) is 0.783. The number of amides is 2. The van der Waals surface area contributed by atoms with Crippen LogP contribution in [-0.2, 0) is 0 Å². The molecule has 0 unspecified atom stereocenters. The lowest BCUT2D eigenvalue weighted by Gasteiger charge is -2.27. The van der Waals surface area contributed by atoms with Gasteiger partial charge in [-0.05, 0) is 119 Å². The van der Waals surface area contributed by atoms with Crippen LogP contribution in [0.2, 0.25) is 0 Å². The van der Waals surface area contributed by atoms with Crippen LogP contribution in [0.25, 0.3) is 43.1 Å². The lowest BCUT2D eigenvalue weighted by atomic mass is 9.82. The number of hydrogen-bond donors (Lipinski definition) is 4. The molecule has 0 aliphatic rings. The van der Waals surface area contributed by atoms with Crippen LogP contribution in [0.5, 0.6) is 46.0 Å². The molecule has 0 aromatic heterocycles. The Bertz CT molecular complexity index is 4030. The molecule has 0 fully saturated rings. The van der Waals surface area contributed by atoms with Crippen molar-refractivity contribution >= 4 is 78.2 Å². The van der Waals surface area contributed by atoms with Gasteiger partial charge in [0, 0.05) is 54.5 Å². The van der Waals surface area contributed by atoms with E-state index >= 15 is 9.59 Å². The Morgan fingerprint density at radius 1 is 0.310 bits per heavy atom. The van der Waals surface area contributed by atoms with E-state index in [0.29, 0.717) is 34.4 Å². The quantitative estimate of drug-likeness (QED) is 0.0479. The van der Waals surface area contributed by atoms with Crippen molar-refractivity contribution < 1.29 is 48.3 Å². The molecule has 4 N–H and O–H groups in total. The largest absolute Gasteiger partial charge is 0.478 e. The van der Waals surface area contributed by atoms with E-state index < -0.39 is 23.8 Å². The molecule has 0 aliphatic heterocycles. The van der Waals surface area contributed by atoms with Crippen molar-refractivity contribution in [1.82, 2.24) is 0 Å². The van der Waals surface area contributed by atoms with Crippen molar-refractivity contribution in [1.29, 1.82) is 0 Å². The molecule has 0 saturated carbocycles. The molecule has 2 amide bonds. The zero-order chi connectivity index (χ0) is 59.1. The van der Waals surface area contributed by atoms with Crippen LogP contribution in [0.1, 0.15) is 143 Å². The van der Waals surface area contributed by atoms with Crippen LogP contribution in [0.15, 0.2) is 182 Å². The van der Waals surface area contributed by atoms with Gasteiger partial charge in [0.2, 0.25) is 0 Å². The van der Waals surface area contributed by atoms with Crippen molar-refractivity contribution in [3.63, 3.8) is 0 Å². The van der Waals surface area contributed by atoms with E-state index in [1.807, 2.05) is 60.7 Å². The standard InChI is InChI=1S/C72H62N2O10/c1-39(2)47-31-21-32-48(40(3)4)67(47)73-69(75)51-35-55(81-43-23-13-9-14-24-43)61-63-57(83-45-27-17-11-18-28-45)37-53(71(77)78)60-54(72(79)80)38-58(84-46-29-19-12-20-30-46)64(66(60)63)62-56(82-44-25-15-10-16-26-44)36-52(59(51)65(61)62)70(76)74-68-49(41(5)6)33-22-34-50(68)42(7)8/h9-42H,1-8H3,(H,73,75)(H,74,76)(H,77,78)(H,79,80). The minimum atomic E-state index is -1.44. The normalized spacial score (nSPS) is 11.6. The van der Waals surface area contributed by atoms with Gasteiger partial charge < -0.3 is 39.8 Å². The molecule has 0 bridgehead atoms. The lowest BCUT2D eigenvalue weighted by molar-refractivity contribution is 0.0695. The van der Waals surface area contributed by atoms with Crippen molar-refractivity contribution in [2.75, 3.05) is 10.6 Å². The first-order chi connectivity index (χ1) is 40.5. The van der Waals surface area contributed by atoms with Gasteiger partial charge in [-0.2, -0.15) is 0 Å². The molecule has 0 aliphatic carbocycles. The predicted octanol–water partition coefficient (Wildman–Crippen LogP) is 19.3. The maximum Gasteiger partial charge on any atom is 0.336 e. The van der Waals surface area contributed by atoms with Gasteiger partial charge in [-0.15, -0.1) is 0 Å². The first-order valence-electron chi connectivity index (χ1n) is 28.1. The maximum absolute atomic E-state index is 16.3. The van der Waals surface area contributed by atoms with Gasteiger partial charge in [-0.3, -0.25) is 9.59 Å². The third-order valence-corrected chi connectivity index (χ3v) is 15.2. The second-order valence-electron chi connectivity index (χ2n) is 22.1. The van der Waals surface area contributed by atoms with E-state index in [9.17, 15) is 19.8 Å². The van der Waals surface area contributed by atoms with Gasteiger partial charge in [0.1, 0.15) is 46.0 Å². The first-order valence-corrected chi connectivity index (χ1v) is 28.1. The zero-order valence-electron chi connectivity index (χ0n) is 47.8. The lowest BCUT2D eigenvalue weighted by Crippen LogP contribution is -2.20. The van der Waals surface area contributed by atoms with Crippen LogP contribution in [0.4, 0.5) is 11.4 Å². The van der Waals surface area contributed by atoms with Crippen LogP contribution in [0, 0.1) is 0 Å². The van der Waals surface area contributed by atoms with E-state index in [0.717, 1.165) is 22.3 Å². The van der Waals surface area contributed by atoms with Gasteiger partial charge in [-0.25, -0.2) is 9.59 Å².